The maximum Gasteiger partial charge on any atom is 0.243 e. The van der Waals surface area contributed by atoms with Gasteiger partial charge in [0.2, 0.25) is 10.0 Å². The normalized spacial score (nSPS) is 16.3. The van der Waals surface area contributed by atoms with Crippen LogP contribution in [0.1, 0.15) is 5.82 Å². The quantitative estimate of drug-likeness (QED) is 0.780. The molecule has 0 N–H and O–H groups in total. The fourth-order valence-electron chi connectivity index (χ4n) is 2.05. The van der Waals surface area contributed by atoms with Crippen LogP contribution in [-0.4, -0.2) is 33.8 Å². The van der Waals surface area contributed by atoms with Gasteiger partial charge in [-0.1, -0.05) is 11.6 Å². The number of pyridine rings is 1. The van der Waals surface area contributed by atoms with Gasteiger partial charge in [0, 0.05) is 31.7 Å². The molecule has 0 unspecified atom stereocenters. The number of halogens is 1. The molecule has 0 bridgehead atoms. The van der Waals surface area contributed by atoms with E-state index in [1.54, 1.807) is 6.20 Å². The second-order valence-corrected chi connectivity index (χ2v) is 6.51. The van der Waals surface area contributed by atoms with Crippen LogP contribution in [-0.2, 0) is 23.1 Å². The van der Waals surface area contributed by atoms with E-state index in [-0.39, 0.29) is 16.6 Å². The zero-order valence-electron chi connectivity index (χ0n) is 9.90. The Bertz CT molecular complexity index is 713. The summed E-state index contributed by atoms with van der Waals surface area (Å²) in [4.78, 5) is 8.10. The molecule has 2 aromatic rings. The number of aromatic nitrogens is 3. The Balaban J connectivity index is 1.94. The molecular formula is C11H11ClN4O2S. The van der Waals surface area contributed by atoms with Crippen molar-refractivity contribution in [3.8, 4) is 0 Å². The lowest BCUT2D eigenvalue weighted by Gasteiger charge is -2.26. The van der Waals surface area contributed by atoms with E-state index in [4.69, 9.17) is 11.6 Å². The van der Waals surface area contributed by atoms with Crippen LogP contribution >= 0.6 is 11.6 Å². The highest BCUT2D eigenvalue weighted by Crippen LogP contribution is 2.22. The molecule has 0 saturated carbocycles. The number of fused-ring (bicyclic) bond motifs is 1. The van der Waals surface area contributed by atoms with Crippen LogP contribution in [0.15, 0.2) is 35.6 Å². The summed E-state index contributed by atoms with van der Waals surface area (Å²) in [7, 11) is -3.55. The van der Waals surface area contributed by atoms with Crippen molar-refractivity contribution in [3.05, 3.63) is 41.7 Å². The topological polar surface area (TPSA) is 68.1 Å². The fourth-order valence-corrected chi connectivity index (χ4v) is 3.69. The van der Waals surface area contributed by atoms with Crippen LogP contribution in [0.25, 0.3) is 0 Å². The summed E-state index contributed by atoms with van der Waals surface area (Å²) in [6.07, 6.45) is 4.91. The van der Waals surface area contributed by atoms with Gasteiger partial charge in [-0.2, -0.15) is 4.31 Å². The lowest BCUT2D eigenvalue weighted by molar-refractivity contribution is 0.335. The van der Waals surface area contributed by atoms with Crippen molar-refractivity contribution >= 4 is 21.6 Å². The molecule has 1 aliphatic heterocycles. The Morgan fingerprint density at radius 3 is 2.84 bits per heavy atom. The first-order valence-corrected chi connectivity index (χ1v) is 7.51. The predicted molar refractivity (Wildman–Crippen MR) is 69.1 cm³/mol. The van der Waals surface area contributed by atoms with Gasteiger partial charge in [-0.3, -0.25) is 0 Å². The van der Waals surface area contributed by atoms with E-state index in [0.29, 0.717) is 13.1 Å². The molecule has 0 aliphatic carbocycles. The minimum absolute atomic E-state index is 0.160. The molecule has 0 aromatic carbocycles. The number of imidazole rings is 1. The van der Waals surface area contributed by atoms with Crippen molar-refractivity contribution in [1.29, 1.82) is 0 Å². The van der Waals surface area contributed by atoms with Gasteiger partial charge in [-0.15, -0.1) is 0 Å². The Morgan fingerprint density at radius 2 is 2.05 bits per heavy atom. The third kappa shape index (κ3) is 2.24. The van der Waals surface area contributed by atoms with Gasteiger partial charge in [0.25, 0.3) is 0 Å². The molecule has 0 spiro atoms. The summed E-state index contributed by atoms with van der Waals surface area (Å²) in [5, 5.41) is 0.166. The number of rotatable bonds is 2. The number of sulfonamides is 1. The Hall–Kier alpha value is -1.44. The van der Waals surface area contributed by atoms with E-state index in [1.165, 1.54) is 22.6 Å². The maximum atomic E-state index is 12.5. The Labute approximate surface area is 115 Å². The maximum absolute atomic E-state index is 12.5. The molecule has 3 rings (SSSR count). The third-order valence-electron chi connectivity index (χ3n) is 3.05. The van der Waals surface area contributed by atoms with Crippen LogP contribution in [0, 0.1) is 0 Å². The van der Waals surface area contributed by atoms with Crippen molar-refractivity contribution < 1.29 is 8.42 Å². The molecule has 0 radical (unpaired) electrons. The van der Waals surface area contributed by atoms with Gasteiger partial charge in [-0.05, 0) is 12.1 Å². The van der Waals surface area contributed by atoms with E-state index < -0.39 is 10.0 Å². The molecule has 0 fully saturated rings. The van der Waals surface area contributed by atoms with Crippen molar-refractivity contribution in [1.82, 2.24) is 18.8 Å². The summed E-state index contributed by atoms with van der Waals surface area (Å²) in [5.74, 6) is 0.745. The molecule has 8 heteroatoms. The van der Waals surface area contributed by atoms with E-state index in [0.717, 1.165) is 5.82 Å². The highest BCUT2D eigenvalue weighted by Gasteiger charge is 2.29. The average molecular weight is 299 g/mol. The Kier molecular flexibility index (Phi) is 3.04. The van der Waals surface area contributed by atoms with Gasteiger partial charge >= 0.3 is 0 Å². The lowest BCUT2D eigenvalue weighted by Crippen LogP contribution is -2.38. The molecule has 0 atom stereocenters. The number of nitrogens with zero attached hydrogens (tertiary/aromatic N) is 4. The molecule has 6 nitrogen and oxygen atoms in total. The van der Waals surface area contributed by atoms with Crippen LogP contribution < -0.4 is 0 Å². The first kappa shape index (κ1) is 12.6. The van der Waals surface area contributed by atoms with Crippen molar-refractivity contribution in [2.75, 3.05) is 6.54 Å². The minimum atomic E-state index is -3.55. The van der Waals surface area contributed by atoms with Crippen molar-refractivity contribution in [3.63, 3.8) is 0 Å². The summed E-state index contributed by atoms with van der Waals surface area (Å²) < 4.78 is 28.3. The van der Waals surface area contributed by atoms with Crippen LogP contribution in [0.3, 0.4) is 0 Å². The molecule has 100 valence electrons. The van der Waals surface area contributed by atoms with Crippen molar-refractivity contribution in [2.45, 2.75) is 18.0 Å². The molecule has 0 saturated heterocycles. The highest BCUT2D eigenvalue weighted by molar-refractivity contribution is 7.89. The van der Waals surface area contributed by atoms with Crippen LogP contribution in [0.4, 0.5) is 0 Å². The van der Waals surface area contributed by atoms with Crippen LogP contribution in [0.2, 0.25) is 5.15 Å². The van der Waals surface area contributed by atoms with E-state index >= 15 is 0 Å². The van der Waals surface area contributed by atoms with E-state index in [9.17, 15) is 8.42 Å². The van der Waals surface area contributed by atoms with Gasteiger partial charge in [0.05, 0.1) is 11.4 Å². The molecule has 1 aliphatic rings. The molecule has 19 heavy (non-hydrogen) atoms. The zero-order chi connectivity index (χ0) is 13.5. The molecule has 3 heterocycles. The third-order valence-corrected chi connectivity index (χ3v) is 5.09. The first-order chi connectivity index (χ1) is 9.07. The van der Waals surface area contributed by atoms with Gasteiger partial charge in [-0.25, -0.2) is 18.4 Å². The standard InChI is InChI=1S/C11H11ClN4O2S/c12-10-7-9(1-2-13-10)19(17,18)16-6-5-15-4-3-14-11(15)8-16/h1-4,7H,5-6,8H2. The molecule has 0 amide bonds. The monoisotopic (exact) mass is 298 g/mol. The summed E-state index contributed by atoms with van der Waals surface area (Å²) in [6.45, 7) is 1.30. The second-order valence-electron chi connectivity index (χ2n) is 4.19. The zero-order valence-corrected chi connectivity index (χ0v) is 11.5. The molecular weight excluding hydrogens is 288 g/mol. The predicted octanol–water partition coefficient (Wildman–Crippen LogP) is 1.14. The number of hydrogen-bond donors (Lipinski definition) is 0. The summed E-state index contributed by atoms with van der Waals surface area (Å²) in [5.41, 5.74) is 0. The largest absolute Gasteiger partial charge is 0.333 e. The SMILES string of the molecule is O=S(=O)(c1ccnc(Cl)c1)N1CCn2ccnc2C1. The average Bonchev–Trinajstić information content (AvgIpc) is 2.85. The van der Waals surface area contributed by atoms with E-state index in [2.05, 4.69) is 9.97 Å². The minimum Gasteiger partial charge on any atom is -0.333 e. The second kappa shape index (κ2) is 4.59. The summed E-state index contributed by atoms with van der Waals surface area (Å²) >= 11 is 5.74. The van der Waals surface area contributed by atoms with Crippen LogP contribution in [0.5, 0.6) is 0 Å². The molecule has 2 aromatic heterocycles. The van der Waals surface area contributed by atoms with Gasteiger partial charge in [0.1, 0.15) is 11.0 Å². The fraction of sp³-hybridized carbons (Fsp3) is 0.273. The van der Waals surface area contributed by atoms with E-state index in [1.807, 2.05) is 10.8 Å². The smallest absolute Gasteiger partial charge is 0.243 e. The Morgan fingerprint density at radius 1 is 1.21 bits per heavy atom. The number of hydrogen-bond acceptors (Lipinski definition) is 4. The van der Waals surface area contributed by atoms with Gasteiger partial charge < -0.3 is 4.57 Å². The lowest BCUT2D eigenvalue weighted by atomic mass is 10.4. The summed E-state index contributed by atoms with van der Waals surface area (Å²) in [6, 6.07) is 2.81. The van der Waals surface area contributed by atoms with Crippen molar-refractivity contribution in [2.24, 2.45) is 0 Å². The highest BCUT2D eigenvalue weighted by atomic mass is 35.5. The first-order valence-electron chi connectivity index (χ1n) is 5.69. The van der Waals surface area contributed by atoms with Gasteiger partial charge in [0.15, 0.2) is 0 Å².